The molecule has 6 rings (SSSR count). The van der Waals surface area contributed by atoms with E-state index in [4.69, 9.17) is 24.0 Å². The monoisotopic (exact) mass is 392 g/mol. The number of carbonyl (C=O) groups excluding carboxylic acids is 2. The summed E-state index contributed by atoms with van der Waals surface area (Å²) in [5.74, 6) is -2.02. The van der Waals surface area contributed by atoms with Gasteiger partial charge in [0.05, 0.1) is 5.92 Å². The van der Waals surface area contributed by atoms with Crippen molar-refractivity contribution in [3.8, 4) is 0 Å². The molecule has 5 fully saturated rings. The molecular weight excluding hydrogens is 368 g/mol. The maximum absolute atomic E-state index is 12.5. The number of ether oxygens (including phenoxy) is 3. The zero-order valence-corrected chi connectivity index (χ0v) is 16.1. The molecule has 1 spiro atoms. The van der Waals surface area contributed by atoms with Gasteiger partial charge in [0, 0.05) is 30.7 Å². The van der Waals surface area contributed by atoms with Crippen LogP contribution in [0.3, 0.4) is 0 Å². The Kier molecular flexibility index (Phi) is 3.88. The number of hydrogen-bond acceptors (Lipinski definition) is 8. The predicted molar refractivity (Wildman–Crippen MR) is 91.3 cm³/mol. The number of rotatable bonds is 1. The van der Waals surface area contributed by atoms with E-state index in [1.807, 2.05) is 13.8 Å². The van der Waals surface area contributed by atoms with E-state index in [1.165, 1.54) is 17.1 Å². The number of imidazole rings is 1. The summed E-state index contributed by atoms with van der Waals surface area (Å²) < 4.78 is 18.8. The second-order valence-corrected chi connectivity index (χ2v) is 8.57. The van der Waals surface area contributed by atoms with Gasteiger partial charge in [-0.3, -0.25) is 4.79 Å². The smallest absolute Gasteiger partial charge is 0.419 e. The van der Waals surface area contributed by atoms with E-state index in [1.54, 1.807) is 13.1 Å². The Morgan fingerprint density at radius 3 is 2.89 bits per heavy atom. The van der Waals surface area contributed by atoms with Crippen LogP contribution in [0.5, 0.6) is 0 Å². The van der Waals surface area contributed by atoms with E-state index in [2.05, 4.69) is 4.98 Å². The molecule has 1 unspecified atom stereocenters. The fourth-order valence-electron chi connectivity index (χ4n) is 5.41. The summed E-state index contributed by atoms with van der Waals surface area (Å²) in [6, 6.07) is 0. The Labute approximate surface area is 162 Å². The number of nitrogens with zero attached hydrogens (tertiary/aromatic N) is 2. The molecular formula is C19H24N2O7. The van der Waals surface area contributed by atoms with Crippen LogP contribution in [0.15, 0.2) is 18.7 Å². The maximum atomic E-state index is 12.5. The second kappa shape index (κ2) is 6.01. The molecule has 9 nitrogen and oxygen atoms in total. The summed E-state index contributed by atoms with van der Waals surface area (Å²) in [6.45, 7) is 5.66. The van der Waals surface area contributed by atoms with Gasteiger partial charge in [0.25, 0.3) is 0 Å². The molecule has 1 aromatic rings. The van der Waals surface area contributed by atoms with Gasteiger partial charge in [-0.1, -0.05) is 13.8 Å². The molecule has 152 valence electrons. The van der Waals surface area contributed by atoms with Crippen LogP contribution < -0.4 is 0 Å². The molecule has 1 saturated carbocycles. The first kappa shape index (κ1) is 18.1. The molecule has 1 aromatic heterocycles. The highest BCUT2D eigenvalue weighted by molar-refractivity contribution is 5.74. The Hall–Kier alpha value is -1.97. The molecule has 1 aliphatic carbocycles. The molecule has 4 aliphatic heterocycles. The minimum absolute atomic E-state index is 0.0251. The van der Waals surface area contributed by atoms with E-state index in [9.17, 15) is 9.59 Å². The Balaban J connectivity index is 1.50. The van der Waals surface area contributed by atoms with Crippen LogP contribution in [0.25, 0.3) is 0 Å². The molecule has 5 aliphatic rings. The average Bonchev–Trinajstić information content (AvgIpc) is 3.11. The molecule has 0 radical (unpaired) electrons. The van der Waals surface area contributed by atoms with Gasteiger partial charge in [-0.25, -0.2) is 24.1 Å². The number of aromatic nitrogens is 2. The molecule has 2 bridgehead atoms. The lowest BCUT2D eigenvalue weighted by atomic mass is 9.57. The van der Waals surface area contributed by atoms with E-state index >= 15 is 0 Å². The summed E-state index contributed by atoms with van der Waals surface area (Å²) >= 11 is 0. The molecule has 4 saturated heterocycles. The fraction of sp³-hybridized carbons (Fsp3) is 0.737. The molecule has 9 heteroatoms. The predicted octanol–water partition coefficient (Wildman–Crippen LogP) is 2.25. The van der Waals surface area contributed by atoms with Gasteiger partial charge in [0.2, 0.25) is 12.1 Å². The van der Waals surface area contributed by atoms with Crippen LogP contribution in [0, 0.1) is 23.7 Å². The van der Waals surface area contributed by atoms with Gasteiger partial charge < -0.3 is 14.2 Å². The van der Waals surface area contributed by atoms with Gasteiger partial charge in [-0.2, -0.15) is 0 Å². The Morgan fingerprint density at radius 1 is 1.32 bits per heavy atom. The first-order valence-electron chi connectivity index (χ1n) is 9.78. The molecule has 28 heavy (non-hydrogen) atoms. The minimum Gasteiger partial charge on any atom is -0.445 e. The summed E-state index contributed by atoms with van der Waals surface area (Å²) in [5, 5.41) is 0. The van der Waals surface area contributed by atoms with Crippen LogP contribution >= 0.6 is 0 Å². The number of esters is 1. The lowest BCUT2D eigenvalue weighted by molar-refractivity contribution is -0.560. The number of hydrogen-bond donors (Lipinski definition) is 0. The largest absolute Gasteiger partial charge is 0.445 e. The minimum atomic E-state index is -0.957. The van der Waals surface area contributed by atoms with Crippen molar-refractivity contribution in [1.82, 2.24) is 9.55 Å². The van der Waals surface area contributed by atoms with Gasteiger partial charge in [0.15, 0.2) is 5.60 Å². The average molecular weight is 392 g/mol. The molecule has 0 N–H and O–H groups in total. The highest BCUT2D eigenvalue weighted by Gasteiger charge is 2.71. The van der Waals surface area contributed by atoms with E-state index in [-0.39, 0.29) is 29.8 Å². The first-order chi connectivity index (χ1) is 13.3. The van der Waals surface area contributed by atoms with E-state index < -0.39 is 29.7 Å². The van der Waals surface area contributed by atoms with Crippen LogP contribution in [0.1, 0.15) is 40.0 Å². The highest BCUT2D eigenvalue weighted by Crippen LogP contribution is 2.60. The van der Waals surface area contributed by atoms with Crippen molar-refractivity contribution in [2.75, 3.05) is 0 Å². The molecule has 5 heterocycles. The zero-order chi connectivity index (χ0) is 19.7. The van der Waals surface area contributed by atoms with Crippen molar-refractivity contribution in [1.29, 1.82) is 0 Å². The van der Waals surface area contributed by atoms with Crippen molar-refractivity contribution >= 4 is 12.1 Å². The van der Waals surface area contributed by atoms with Crippen LogP contribution in [-0.2, 0) is 28.8 Å². The van der Waals surface area contributed by atoms with Crippen LogP contribution in [-0.4, -0.2) is 45.4 Å². The van der Waals surface area contributed by atoms with Gasteiger partial charge in [-0.15, -0.1) is 0 Å². The van der Waals surface area contributed by atoms with Crippen LogP contribution in [0.4, 0.5) is 4.79 Å². The summed E-state index contributed by atoms with van der Waals surface area (Å²) in [5.41, 5.74) is -0.888. The quantitative estimate of drug-likeness (QED) is 0.530. The maximum Gasteiger partial charge on any atom is 0.419 e. The summed E-state index contributed by atoms with van der Waals surface area (Å²) in [7, 11) is 0. The van der Waals surface area contributed by atoms with E-state index in [0.717, 1.165) is 6.42 Å². The molecule has 8 atom stereocenters. The lowest BCUT2D eigenvalue weighted by Crippen LogP contribution is -2.71. The third kappa shape index (κ3) is 2.39. The topological polar surface area (TPSA) is 98.1 Å². The standard InChI is InChI=1S/C19H24N2O7/c1-10-12-4-5-18(3)26-16-19(12,28-27-18)13(11(2)15(22)25-16)8-14(10)24-17(23)21-7-6-20-9-21/h6-7,9-14,16H,4-5,8H2,1-3H3/t10-,11+,12-,13-,14-,16+,18?,19+/m0/s1. The van der Waals surface area contributed by atoms with E-state index in [0.29, 0.717) is 12.8 Å². The van der Waals surface area contributed by atoms with Crippen molar-refractivity contribution in [2.24, 2.45) is 23.7 Å². The highest BCUT2D eigenvalue weighted by atomic mass is 17.3. The fourth-order valence-corrected chi connectivity index (χ4v) is 5.41. The van der Waals surface area contributed by atoms with Gasteiger partial charge in [-0.05, 0) is 25.7 Å². The van der Waals surface area contributed by atoms with Crippen molar-refractivity contribution in [3.05, 3.63) is 18.7 Å². The SMILES string of the molecule is C[C@@H]1[C@@H](OC(=O)n2ccnc2)C[C@H]2[C@@H](C)C(=O)O[C@@H]3OC4(C)CC[C@@H]1[C@]32OO4. The first-order valence-corrected chi connectivity index (χ1v) is 9.78. The summed E-state index contributed by atoms with van der Waals surface area (Å²) in [4.78, 5) is 40.6. The number of fused-ring (bicyclic) bond motifs is 2. The summed E-state index contributed by atoms with van der Waals surface area (Å²) in [6.07, 6.45) is 4.64. The third-order valence-corrected chi connectivity index (χ3v) is 7.03. The molecule has 0 aromatic carbocycles. The van der Waals surface area contributed by atoms with Crippen molar-refractivity contribution in [2.45, 2.75) is 63.8 Å². The van der Waals surface area contributed by atoms with Crippen molar-refractivity contribution < 1.29 is 33.6 Å². The lowest BCUT2D eigenvalue weighted by Gasteiger charge is -2.58. The number of carbonyl (C=O) groups is 2. The third-order valence-electron chi connectivity index (χ3n) is 7.03. The second-order valence-electron chi connectivity index (χ2n) is 8.57. The van der Waals surface area contributed by atoms with Gasteiger partial charge >= 0.3 is 12.1 Å². The normalized spacial score (nSPS) is 47.0. The Morgan fingerprint density at radius 2 is 2.14 bits per heavy atom. The zero-order valence-electron chi connectivity index (χ0n) is 16.1. The van der Waals surface area contributed by atoms with Crippen LogP contribution in [0.2, 0.25) is 0 Å². The molecule has 0 amide bonds. The van der Waals surface area contributed by atoms with Crippen molar-refractivity contribution in [3.63, 3.8) is 0 Å². The van der Waals surface area contributed by atoms with Gasteiger partial charge in [0.1, 0.15) is 12.4 Å². The Bertz CT molecular complexity index is 798.